The van der Waals surface area contributed by atoms with Gasteiger partial charge in [-0.25, -0.2) is 0 Å². The van der Waals surface area contributed by atoms with E-state index < -0.39 is 0 Å². The van der Waals surface area contributed by atoms with E-state index in [9.17, 15) is 0 Å². The van der Waals surface area contributed by atoms with Crippen molar-refractivity contribution in [2.75, 3.05) is 7.05 Å². The van der Waals surface area contributed by atoms with Crippen molar-refractivity contribution in [3.05, 3.63) is 53.6 Å². The van der Waals surface area contributed by atoms with Crippen LogP contribution in [0.25, 0.3) is 11.1 Å². The van der Waals surface area contributed by atoms with Gasteiger partial charge in [0.2, 0.25) is 0 Å². The molecule has 2 heteroatoms. The van der Waals surface area contributed by atoms with Crippen molar-refractivity contribution in [3.8, 4) is 16.9 Å². The second-order valence-corrected chi connectivity index (χ2v) is 5.38. The Morgan fingerprint density at radius 1 is 1.05 bits per heavy atom. The Hall–Kier alpha value is -1.80. The van der Waals surface area contributed by atoms with Gasteiger partial charge in [-0.3, -0.25) is 0 Å². The molecule has 0 amide bonds. The molecule has 20 heavy (non-hydrogen) atoms. The quantitative estimate of drug-likeness (QED) is 0.879. The average molecular weight is 269 g/mol. The van der Waals surface area contributed by atoms with Gasteiger partial charge in [0.25, 0.3) is 0 Å². The Morgan fingerprint density at radius 2 is 1.75 bits per heavy atom. The van der Waals surface area contributed by atoms with E-state index in [0.717, 1.165) is 12.3 Å². The van der Waals surface area contributed by atoms with Crippen LogP contribution < -0.4 is 10.1 Å². The minimum absolute atomic E-state index is 0.208. The lowest BCUT2D eigenvalue weighted by molar-refractivity contribution is 0.242. The molecule has 1 N–H and O–H groups in total. The smallest absolute Gasteiger partial charge is 0.119 e. The second kappa shape index (κ2) is 6.58. The summed E-state index contributed by atoms with van der Waals surface area (Å²) in [6.07, 6.45) is 0.208. The third-order valence-electron chi connectivity index (χ3n) is 3.17. The minimum Gasteiger partial charge on any atom is -0.491 e. The maximum atomic E-state index is 5.69. The monoisotopic (exact) mass is 269 g/mol. The maximum Gasteiger partial charge on any atom is 0.119 e. The van der Waals surface area contributed by atoms with Crippen LogP contribution in [-0.4, -0.2) is 13.2 Å². The largest absolute Gasteiger partial charge is 0.491 e. The number of nitrogens with one attached hydrogen (secondary N) is 1. The highest BCUT2D eigenvalue weighted by Gasteiger charge is 2.06. The number of ether oxygens (including phenoxy) is 1. The van der Waals surface area contributed by atoms with Crippen LogP contribution in [0.2, 0.25) is 0 Å². The van der Waals surface area contributed by atoms with Crippen molar-refractivity contribution in [2.45, 2.75) is 33.4 Å². The Labute approximate surface area is 121 Å². The molecule has 2 aromatic rings. The van der Waals surface area contributed by atoms with E-state index in [2.05, 4.69) is 42.6 Å². The molecule has 0 heterocycles. The standard InChI is InChI=1S/C18H23NO/c1-13(2)20-17-9-7-15(8-10-17)18-11-14(3)5-6-16(18)12-19-4/h5-11,13,19H,12H2,1-4H3. The maximum absolute atomic E-state index is 5.69. The highest BCUT2D eigenvalue weighted by molar-refractivity contribution is 5.68. The summed E-state index contributed by atoms with van der Waals surface area (Å²) in [5.74, 6) is 0.923. The summed E-state index contributed by atoms with van der Waals surface area (Å²) in [5.41, 5.74) is 5.11. The van der Waals surface area contributed by atoms with Crippen molar-refractivity contribution >= 4 is 0 Å². The van der Waals surface area contributed by atoms with E-state index in [4.69, 9.17) is 4.74 Å². The molecule has 0 aliphatic heterocycles. The summed E-state index contributed by atoms with van der Waals surface area (Å²) < 4.78 is 5.69. The molecule has 2 nitrogen and oxygen atoms in total. The molecule has 2 rings (SSSR count). The van der Waals surface area contributed by atoms with E-state index in [1.165, 1.54) is 22.3 Å². The molecule has 0 aliphatic rings. The predicted octanol–water partition coefficient (Wildman–Crippen LogP) is 4.17. The third-order valence-corrected chi connectivity index (χ3v) is 3.17. The van der Waals surface area contributed by atoms with Crippen LogP contribution in [0.15, 0.2) is 42.5 Å². The number of aryl methyl sites for hydroxylation is 1. The van der Waals surface area contributed by atoms with Crippen LogP contribution in [0.1, 0.15) is 25.0 Å². The first-order valence-corrected chi connectivity index (χ1v) is 7.11. The lowest BCUT2D eigenvalue weighted by Crippen LogP contribution is -2.07. The second-order valence-electron chi connectivity index (χ2n) is 5.38. The average Bonchev–Trinajstić information content (AvgIpc) is 2.41. The van der Waals surface area contributed by atoms with Gasteiger partial charge in [-0.1, -0.05) is 35.9 Å². The highest BCUT2D eigenvalue weighted by atomic mass is 16.5. The van der Waals surface area contributed by atoms with Gasteiger partial charge < -0.3 is 10.1 Å². The fourth-order valence-electron chi connectivity index (χ4n) is 2.29. The van der Waals surface area contributed by atoms with Gasteiger partial charge >= 0.3 is 0 Å². The van der Waals surface area contributed by atoms with E-state index >= 15 is 0 Å². The van der Waals surface area contributed by atoms with Crippen molar-refractivity contribution in [1.29, 1.82) is 0 Å². The van der Waals surface area contributed by atoms with Crippen LogP contribution in [0.4, 0.5) is 0 Å². The zero-order valence-corrected chi connectivity index (χ0v) is 12.7. The van der Waals surface area contributed by atoms with Gasteiger partial charge in [0.1, 0.15) is 5.75 Å². The molecule has 106 valence electrons. The lowest BCUT2D eigenvalue weighted by atomic mass is 9.97. The molecule has 0 unspecified atom stereocenters. The zero-order chi connectivity index (χ0) is 14.5. The van der Waals surface area contributed by atoms with Crippen LogP contribution in [0.3, 0.4) is 0 Å². The minimum atomic E-state index is 0.208. The van der Waals surface area contributed by atoms with E-state index in [1.54, 1.807) is 0 Å². The summed E-state index contributed by atoms with van der Waals surface area (Å²) >= 11 is 0. The lowest BCUT2D eigenvalue weighted by Gasteiger charge is -2.13. The van der Waals surface area contributed by atoms with Gasteiger partial charge in [-0.15, -0.1) is 0 Å². The Kier molecular flexibility index (Phi) is 4.80. The summed E-state index contributed by atoms with van der Waals surface area (Å²) in [5, 5.41) is 3.23. The van der Waals surface area contributed by atoms with Crippen molar-refractivity contribution < 1.29 is 4.74 Å². The molecule has 0 spiro atoms. The molecule has 2 aromatic carbocycles. The van der Waals surface area contributed by atoms with Crippen LogP contribution in [0, 0.1) is 6.92 Å². The summed E-state index contributed by atoms with van der Waals surface area (Å²) in [7, 11) is 1.98. The molecular formula is C18H23NO. The van der Waals surface area contributed by atoms with Gasteiger partial charge in [0, 0.05) is 6.54 Å². The number of hydrogen-bond acceptors (Lipinski definition) is 2. The molecule has 0 radical (unpaired) electrons. The molecule has 0 aliphatic carbocycles. The van der Waals surface area contributed by atoms with Crippen LogP contribution in [0.5, 0.6) is 5.75 Å². The molecule has 0 saturated carbocycles. The van der Waals surface area contributed by atoms with Crippen molar-refractivity contribution in [1.82, 2.24) is 5.32 Å². The third kappa shape index (κ3) is 3.61. The van der Waals surface area contributed by atoms with E-state index in [1.807, 2.05) is 33.0 Å². The molecular weight excluding hydrogens is 246 g/mol. The summed E-state index contributed by atoms with van der Waals surface area (Å²) in [4.78, 5) is 0. The van der Waals surface area contributed by atoms with Gasteiger partial charge in [0.05, 0.1) is 6.10 Å². The van der Waals surface area contributed by atoms with Gasteiger partial charge in [0.15, 0.2) is 0 Å². The summed E-state index contributed by atoms with van der Waals surface area (Å²) in [6.45, 7) is 7.09. The Morgan fingerprint density at radius 3 is 2.35 bits per heavy atom. The van der Waals surface area contributed by atoms with E-state index in [0.29, 0.717) is 0 Å². The van der Waals surface area contributed by atoms with Gasteiger partial charge in [-0.05, 0) is 56.6 Å². The van der Waals surface area contributed by atoms with Crippen molar-refractivity contribution in [2.24, 2.45) is 0 Å². The molecule has 0 fully saturated rings. The number of benzene rings is 2. The number of hydrogen-bond donors (Lipinski definition) is 1. The normalized spacial score (nSPS) is 10.8. The molecule has 0 aromatic heterocycles. The SMILES string of the molecule is CNCc1ccc(C)cc1-c1ccc(OC(C)C)cc1. The zero-order valence-electron chi connectivity index (χ0n) is 12.7. The molecule has 0 atom stereocenters. The fourth-order valence-corrected chi connectivity index (χ4v) is 2.29. The van der Waals surface area contributed by atoms with Crippen LogP contribution in [-0.2, 0) is 6.54 Å². The van der Waals surface area contributed by atoms with Crippen LogP contribution >= 0.6 is 0 Å². The first-order valence-electron chi connectivity index (χ1n) is 7.11. The Balaban J connectivity index is 2.33. The highest BCUT2D eigenvalue weighted by Crippen LogP contribution is 2.27. The van der Waals surface area contributed by atoms with Gasteiger partial charge in [-0.2, -0.15) is 0 Å². The number of rotatable bonds is 5. The van der Waals surface area contributed by atoms with E-state index in [-0.39, 0.29) is 6.10 Å². The molecule has 0 saturated heterocycles. The Bertz CT molecular complexity index is 558. The first kappa shape index (κ1) is 14.6. The topological polar surface area (TPSA) is 21.3 Å². The van der Waals surface area contributed by atoms with Crippen molar-refractivity contribution in [3.63, 3.8) is 0 Å². The summed E-state index contributed by atoms with van der Waals surface area (Å²) in [6, 6.07) is 14.9. The predicted molar refractivity (Wildman–Crippen MR) is 85.1 cm³/mol. The first-order chi connectivity index (χ1) is 9.60. The molecule has 0 bridgehead atoms. The fraction of sp³-hybridized carbons (Fsp3) is 0.333.